The summed E-state index contributed by atoms with van der Waals surface area (Å²) in [6, 6.07) is 7.75. The number of amides is 1. The fourth-order valence-corrected chi connectivity index (χ4v) is 4.18. The first-order valence-corrected chi connectivity index (χ1v) is 11.5. The third-order valence-electron chi connectivity index (χ3n) is 3.97. The molecule has 1 aliphatic rings. The largest absolute Gasteiger partial charge is 0.400 e. The number of rotatable bonds is 12. The molecule has 2 aromatic rings. The van der Waals surface area contributed by atoms with E-state index in [0.717, 1.165) is 18.3 Å². The number of carbonyl (C=O) groups excluding carboxylic acids is 2. The van der Waals surface area contributed by atoms with Crippen LogP contribution in [0.4, 0.5) is 5.13 Å². The predicted molar refractivity (Wildman–Crippen MR) is 123 cm³/mol. The number of benzene rings is 1. The highest BCUT2D eigenvalue weighted by Gasteiger charge is 2.23. The average Bonchev–Trinajstić information content (AvgIpc) is 3.50. The van der Waals surface area contributed by atoms with Crippen molar-refractivity contribution < 1.29 is 24.3 Å². The lowest BCUT2D eigenvalue weighted by Gasteiger charge is -2.08. The van der Waals surface area contributed by atoms with Gasteiger partial charge in [-0.1, -0.05) is 17.3 Å². The van der Waals surface area contributed by atoms with Gasteiger partial charge in [-0.2, -0.15) is 0 Å². The molecule has 0 spiro atoms. The quantitative estimate of drug-likeness (QED) is 0.214. The van der Waals surface area contributed by atoms with Gasteiger partial charge in [0.2, 0.25) is 0 Å². The fourth-order valence-electron chi connectivity index (χ4n) is 2.37. The lowest BCUT2D eigenvalue weighted by Crippen LogP contribution is -2.24. The molecule has 1 aliphatic carbocycles. The second kappa shape index (κ2) is 13.9. The Kier molecular flexibility index (Phi) is 11.2. The lowest BCUT2D eigenvalue weighted by molar-refractivity contribution is -0.110. The molecule has 1 aromatic heterocycles. The van der Waals surface area contributed by atoms with Gasteiger partial charge in [0.15, 0.2) is 10.8 Å². The van der Waals surface area contributed by atoms with E-state index in [1.807, 2.05) is 36.0 Å². The maximum absolute atomic E-state index is 12.8. The van der Waals surface area contributed by atoms with Crippen molar-refractivity contribution in [2.75, 3.05) is 32.8 Å². The normalized spacial score (nSPS) is 13.2. The number of aromatic nitrogens is 1. The maximum atomic E-state index is 12.8. The number of nitrogens with zero attached hydrogens (tertiary/aromatic N) is 2. The third-order valence-corrected chi connectivity index (χ3v) is 6.25. The molecule has 0 atom stereocenters. The number of ether oxygens (including phenoxy) is 1. The lowest BCUT2D eigenvalue weighted by atomic mass is 10.1. The van der Waals surface area contributed by atoms with E-state index < -0.39 is 5.91 Å². The molecule has 1 fully saturated rings. The molecule has 1 amide bonds. The number of hydrogen-bond acceptors (Lipinski definition) is 9. The van der Waals surface area contributed by atoms with Crippen molar-refractivity contribution in [3.8, 4) is 0 Å². The van der Waals surface area contributed by atoms with Crippen LogP contribution < -0.4 is 5.32 Å². The summed E-state index contributed by atoms with van der Waals surface area (Å²) in [4.78, 5) is 34.9. The number of thioether (sulfide) groups is 1. The fraction of sp³-hybridized carbons (Fsp3) is 0.429. The number of anilines is 1. The van der Waals surface area contributed by atoms with Crippen molar-refractivity contribution in [1.82, 2.24) is 4.98 Å². The zero-order valence-corrected chi connectivity index (χ0v) is 19.2. The van der Waals surface area contributed by atoms with Gasteiger partial charge < -0.3 is 19.5 Å². The van der Waals surface area contributed by atoms with E-state index in [2.05, 4.69) is 15.5 Å². The summed E-state index contributed by atoms with van der Waals surface area (Å²) in [5.41, 5.74) is 0.844. The Balaban J connectivity index is 0.00000166. The molecule has 2 N–H and O–H groups in total. The van der Waals surface area contributed by atoms with E-state index in [9.17, 15) is 9.59 Å². The molecule has 1 aromatic carbocycles. The van der Waals surface area contributed by atoms with E-state index >= 15 is 0 Å². The Labute approximate surface area is 190 Å². The maximum Gasteiger partial charge on any atom is 0.280 e. The molecule has 1 saturated carbocycles. The molecule has 0 radical (unpaired) electrons. The highest BCUT2D eigenvalue weighted by Crippen LogP contribution is 2.39. The van der Waals surface area contributed by atoms with Crippen LogP contribution in [0.15, 0.2) is 40.5 Å². The number of thiazole rings is 1. The van der Waals surface area contributed by atoms with Crippen LogP contribution in [0.5, 0.6) is 0 Å². The first kappa shape index (κ1) is 25.0. The summed E-state index contributed by atoms with van der Waals surface area (Å²) in [5, 5.41) is 14.9. The monoisotopic (exact) mass is 465 g/mol. The number of aliphatic hydroxyl groups excluding tert-OH is 1. The molecule has 168 valence electrons. The summed E-state index contributed by atoms with van der Waals surface area (Å²) >= 11 is 3.11. The molecule has 0 unspecified atom stereocenters. The van der Waals surface area contributed by atoms with Gasteiger partial charge in [0.1, 0.15) is 12.9 Å². The van der Waals surface area contributed by atoms with Crippen molar-refractivity contribution in [3.63, 3.8) is 0 Å². The van der Waals surface area contributed by atoms with Gasteiger partial charge in [0.05, 0.1) is 0 Å². The van der Waals surface area contributed by atoms with Crippen LogP contribution in [0.1, 0.15) is 29.7 Å². The van der Waals surface area contributed by atoms with E-state index in [1.165, 1.54) is 29.1 Å². The van der Waals surface area contributed by atoms with Gasteiger partial charge in [-0.3, -0.25) is 10.1 Å². The number of nitrogens with one attached hydrogen (secondary N) is 1. The van der Waals surface area contributed by atoms with Crippen LogP contribution in [0, 0.1) is 0 Å². The first-order chi connectivity index (χ1) is 15.2. The van der Waals surface area contributed by atoms with Crippen LogP contribution in [0.3, 0.4) is 0 Å². The second-order valence-electron chi connectivity index (χ2n) is 6.42. The zero-order chi connectivity index (χ0) is 22.5. The average molecular weight is 466 g/mol. The minimum atomic E-state index is -0.411. The van der Waals surface area contributed by atoms with Gasteiger partial charge in [-0.15, -0.1) is 23.1 Å². The number of aldehydes is 1. The van der Waals surface area contributed by atoms with E-state index in [0.29, 0.717) is 35.6 Å². The highest BCUT2D eigenvalue weighted by atomic mass is 32.2. The van der Waals surface area contributed by atoms with Crippen LogP contribution in [-0.4, -0.2) is 60.7 Å². The van der Waals surface area contributed by atoms with Crippen molar-refractivity contribution in [2.45, 2.75) is 35.8 Å². The first-order valence-electron chi connectivity index (χ1n) is 9.80. The molecule has 1 heterocycles. The van der Waals surface area contributed by atoms with E-state index in [1.54, 1.807) is 13.3 Å². The van der Waals surface area contributed by atoms with Gasteiger partial charge >= 0.3 is 0 Å². The van der Waals surface area contributed by atoms with Crippen LogP contribution >= 0.6 is 23.1 Å². The summed E-state index contributed by atoms with van der Waals surface area (Å²) in [5.74, 6) is -0.411. The summed E-state index contributed by atoms with van der Waals surface area (Å²) in [6.07, 6.45) is 5.86. The molecule has 0 aliphatic heterocycles. The summed E-state index contributed by atoms with van der Waals surface area (Å²) in [6.45, 7) is 0.906. The Bertz CT molecular complexity index is 851. The van der Waals surface area contributed by atoms with E-state index in [4.69, 9.17) is 14.7 Å². The molecular weight excluding hydrogens is 438 g/mol. The third kappa shape index (κ3) is 8.78. The van der Waals surface area contributed by atoms with Crippen molar-refractivity contribution in [1.29, 1.82) is 0 Å². The Morgan fingerprint density at radius 3 is 2.71 bits per heavy atom. The molecular formula is C21H27N3O5S2. The van der Waals surface area contributed by atoms with Gasteiger partial charge in [0.25, 0.3) is 5.91 Å². The van der Waals surface area contributed by atoms with E-state index in [-0.39, 0.29) is 12.1 Å². The van der Waals surface area contributed by atoms with Crippen LogP contribution in [0.25, 0.3) is 0 Å². The molecule has 0 bridgehead atoms. The van der Waals surface area contributed by atoms with Crippen molar-refractivity contribution >= 4 is 46.1 Å². The topological polar surface area (TPSA) is 110 Å². The van der Waals surface area contributed by atoms with Gasteiger partial charge in [-0.05, 0) is 25.0 Å². The highest BCUT2D eigenvalue weighted by molar-refractivity contribution is 8.00. The molecule has 3 rings (SSSR count). The number of carbonyl (C=O) groups is 2. The number of aliphatic hydroxyl groups is 1. The Morgan fingerprint density at radius 2 is 2.06 bits per heavy atom. The van der Waals surface area contributed by atoms with Crippen molar-refractivity contribution in [2.24, 2.45) is 5.16 Å². The molecule has 31 heavy (non-hydrogen) atoms. The predicted octanol–water partition coefficient (Wildman–Crippen LogP) is 3.14. The molecule has 0 saturated heterocycles. The van der Waals surface area contributed by atoms with Crippen LogP contribution in [0.2, 0.25) is 0 Å². The second-order valence-corrected chi connectivity index (χ2v) is 8.91. The zero-order valence-electron chi connectivity index (χ0n) is 17.6. The van der Waals surface area contributed by atoms with Crippen molar-refractivity contribution in [3.05, 3.63) is 40.9 Å². The summed E-state index contributed by atoms with van der Waals surface area (Å²) < 4.78 is 4.99. The Morgan fingerprint density at radius 1 is 1.32 bits per heavy atom. The minimum Gasteiger partial charge on any atom is -0.400 e. The summed E-state index contributed by atoms with van der Waals surface area (Å²) in [7, 11) is 2.62. The minimum absolute atomic E-state index is 0.178. The Hall–Kier alpha value is -2.27. The van der Waals surface area contributed by atoms with Crippen LogP contribution in [-0.2, 0) is 25.6 Å². The number of oxime groups is 1. The SMILES string of the molecule is CO.COCCCO/N=C(/C(=O)Nc1ncc(CC=O)s1)c1ccc(SC2CC2)cc1. The smallest absolute Gasteiger partial charge is 0.280 e. The molecule has 8 nitrogen and oxygen atoms in total. The van der Waals surface area contributed by atoms with Gasteiger partial charge in [-0.25, -0.2) is 4.98 Å². The number of methoxy groups -OCH3 is 1. The standard InChI is InChI=1S/C20H23N3O4S2.CH4O/c1-26-11-2-12-27-23-18(14-3-5-15(6-4-14)28-16-7-8-16)19(25)22-20-21-13-17(29-20)9-10-24;1-2/h3-6,10,13,16H,2,7-9,11-12H2,1H3,(H,21,22,25);2H,1H3/b23-18+;. The number of hydrogen-bond donors (Lipinski definition) is 2. The van der Waals surface area contributed by atoms with Gasteiger partial charge in [0, 0.05) is 60.5 Å². The molecule has 10 heteroatoms.